The maximum Gasteiger partial charge on any atom is 0.238 e. The molecule has 124 valence electrons. The Morgan fingerprint density at radius 1 is 0.875 bits per heavy atom. The topological polar surface area (TPSA) is 37.4 Å². The van der Waals surface area contributed by atoms with Crippen LogP contribution < -0.4 is 4.90 Å². The van der Waals surface area contributed by atoms with E-state index in [1.54, 1.807) is 12.1 Å². The molecule has 0 aromatic heterocycles. The Kier molecular flexibility index (Phi) is 3.18. The standard InChI is InChI=1S/C20H20ClNO2/c21-15-9-1-2-10-16(15)22-19(23)17-13-7-3-5-11(13)12-6-4-8-14(12)18(17)20(22)24/h1-2,9-10,13-14,17-18H,3-8H2/t13-,14+,17-,18-/m1/s1. The second-order valence-corrected chi connectivity index (χ2v) is 7.97. The first-order valence-electron chi connectivity index (χ1n) is 9.02. The molecule has 0 unspecified atom stereocenters. The van der Waals surface area contributed by atoms with Gasteiger partial charge < -0.3 is 0 Å². The van der Waals surface area contributed by atoms with Crippen LogP contribution in [0.5, 0.6) is 0 Å². The second-order valence-electron chi connectivity index (χ2n) is 7.56. The van der Waals surface area contributed by atoms with Crippen molar-refractivity contribution in [2.75, 3.05) is 4.90 Å². The number of amides is 2. The minimum absolute atomic E-state index is 0.0200. The molecule has 0 bridgehead atoms. The van der Waals surface area contributed by atoms with E-state index >= 15 is 0 Å². The van der Waals surface area contributed by atoms with E-state index in [-0.39, 0.29) is 23.7 Å². The Morgan fingerprint density at radius 3 is 1.96 bits per heavy atom. The number of fused-ring (bicyclic) bond motifs is 5. The van der Waals surface area contributed by atoms with Gasteiger partial charge in [0.15, 0.2) is 0 Å². The summed E-state index contributed by atoms with van der Waals surface area (Å²) in [7, 11) is 0. The zero-order valence-corrected chi connectivity index (χ0v) is 14.3. The van der Waals surface area contributed by atoms with Gasteiger partial charge in [0.25, 0.3) is 0 Å². The summed E-state index contributed by atoms with van der Waals surface area (Å²) in [6.45, 7) is 0. The van der Waals surface area contributed by atoms with Crippen LogP contribution in [0.2, 0.25) is 5.02 Å². The van der Waals surface area contributed by atoms with Crippen LogP contribution in [0.1, 0.15) is 38.5 Å². The normalized spacial score (nSPS) is 34.6. The molecule has 0 N–H and O–H groups in total. The third-order valence-corrected chi connectivity index (χ3v) is 6.91. The van der Waals surface area contributed by atoms with Crippen LogP contribution in [-0.2, 0) is 9.59 Å². The first-order valence-corrected chi connectivity index (χ1v) is 9.40. The smallest absolute Gasteiger partial charge is 0.238 e. The molecule has 3 aliphatic carbocycles. The molecule has 5 rings (SSSR count). The molecule has 2 saturated carbocycles. The first kappa shape index (κ1) is 14.7. The van der Waals surface area contributed by atoms with E-state index in [0.29, 0.717) is 22.5 Å². The lowest BCUT2D eigenvalue weighted by atomic mass is 9.66. The number of anilines is 1. The third-order valence-electron chi connectivity index (χ3n) is 6.59. The average molecular weight is 342 g/mol. The molecule has 0 spiro atoms. The van der Waals surface area contributed by atoms with Gasteiger partial charge in [-0.1, -0.05) is 34.9 Å². The summed E-state index contributed by atoms with van der Waals surface area (Å²) in [6, 6.07) is 7.20. The fourth-order valence-corrected chi connectivity index (χ4v) is 5.98. The van der Waals surface area contributed by atoms with Crippen molar-refractivity contribution in [3.63, 3.8) is 0 Å². The summed E-state index contributed by atoms with van der Waals surface area (Å²) in [4.78, 5) is 27.9. The minimum Gasteiger partial charge on any atom is -0.274 e. The van der Waals surface area contributed by atoms with Crippen molar-refractivity contribution >= 4 is 29.1 Å². The fourth-order valence-electron chi connectivity index (χ4n) is 5.76. The maximum absolute atomic E-state index is 13.3. The number of carbonyl (C=O) groups is 2. The van der Waals surface area contributed by atoms with Crippen LogP contribution in [0, 0.1) is 23.7 Å². The summed E-state index contributed by atoms with van der Waals surface area (Å²) < 4.78 is 0. The number of allylic oxidation sites excluding steroid dienone is 2. The van der Waals surface area contributed by atoms with E-state index in [1.165, 1.54) is 16.0 Å². The highest BCUT2D eigenvalue weighted by molar-refractivity contribution is 6.36. The predicted octanol–water partition coefficient (Wildman–Crippen LogP) is 4.36. The van der Waals surface area contributed by atoms with Crippen LogP contribution in [0.15, 0.2) is 35.4 Å². The van der Waals surface area contributed by atoms with Crippen LogP contribution in [0.4, 0.5) is 5.69 Å². The average Bonchev–Trinajstić information content (AvgIpc) is 3.26. The van der Waals surface area contributed by atoms with Crippen LogP contribution >= 0.6 is 11.6 Å². The van der Waals surface area contributed by atoms with Gasteiger partial charge in [-0.2, -0.15) is 0 Å². The largest absolute Gasteiger partial charge is 0.274 e. The van der Waals surface area contributed by atoms with Gasteiger partial charge in [0.1, 0.15) is 0 Å². The highest BCUT2D eigenvalue weighted by Gasteiger charge is 2.59. The Bertz CT molecular complexity index is 742. The van der Waals surface area contributed by atoms with Crippen LogP contribution in [0.25, 0.3) is 0 Å². The molecule has 4 atom stereocenters. The van der Waals surface area contributed by atoms with Crippen molar-refractivity contribution < 1.29 is 9.59 Å². The van der Waals surface area contributed by atoms with Gasteiger partial charge in [-0.25, -0.2) is 4.90 Å². The van der Waals surface area contributed by atoms with Gasteiger partial charge in [0.05, 0.1) is 22.5 Å². The summed E-state index contributed by atoms with van der Waals surface area (Å²) in [5.41, 5.74) is 3.62. The third kappa shape index (κ3) is 1.79. The molecule has 1 saturated heterocycles. The molecule has 0 radical (unpaired) electrons. The number of hydrogen-bond acceptors (Lipinski definition) is 2. The second kappa shape index (κ2) is 5.19. The number of hydrogen-bond donors (Lipinski definition) is 0. The zero-order valence-electron chi connectivity index (χ0n) is 13.5. The van der Waals surface area contributed by atoms with Crippen molar-refractivity contribution in [1.29, 1.82) is 0 Å². The van der Waals surface area contributed by atoms with Crippen molar-refractivity contribution in [3.05, 3.63) is 40.4 Å². The molecule has 3 fully saturated rings. The molecule has 1 aromatic carbocycles. The Labute approximate surface area is 146 Å². The number of carbonyl (C=O) groups excluding carboxylic acids is 2. The van der Waals surface area contributed by atoms with Crippen LogP contribution in [-0.4, -0.2) is 11.8 Å². The van der Waals surface area contributed by atoms with Crippen molar-refractivity contribution in [2.24, 2.45) is 23.7 Å². The van der Waals surface area contributed by atoms with Gasteiger partial charge in [-0.3, -0.25) is 9.59 Å². The minimum atomic E-state index is -0.155. The lowest BCUT2D eigenvalue weighted by molar-refractivity contribution is -0.122. The van der Waals surface area contributed by atoms with E-state index in [4.69, 9.17) is 11.6 Å². The number of halogens is 1. The lowest BCUT2D eigenvalue weighted by Gasteiger charge is -2.34. The van der Waals surface area contributed by atoms with Crippen LogP contribution in [0.3, 0.4) is 0 Å². The molecule has 3 nitrogen and oxygen atoms in total. The van der Waals surface area contributed by atoms with E-state index < -0.39 is 0 Å². The molecule has 1 aliphatic heterocycles. The highest BCUT2D eigenvalue weighted by Crippen LogP contribution is 2.58. The van der Waals surface area contributed by atoms with E-state index in [2.05, 4.69) is 0 Å². The first-order chi connectivity index (χ1) is 11.7. The fraction of sp³-hybridized carbons (Fsp3) is 0.500. The zero-order chi connectivity index (χ0) is 16.4. The number of benzene rings is 1. The molecule has 1 aromatic rings. The number of para-hydroxylation sites is 1. The van der Waals surface area contributed by atoms with Gasteiger partial charge in [0, 0.05) is 0 Å². The maximum atomic E-state index is 13.3. The van der Waals surface area contributed by atoms with E-state index in [1.807, 2.05) is 12.1 Å². The SMILES string of the molecule is O=C1[C@H]2[C@H](C(=O)N1c1ccccc1Cl)[C@H]1CCCC1=C1CCC[C@H]12. The molecular formula is C20H20ClNO2. The number of nitrogens with zero attached hydrogens (tertiary/aromatic N) is 1. The van der Waals surface area contributed by atoms with Crippen molar-refractivity contribution in [1.82, 2.24) is 0 Å². The highest BCUT2D eigenvalue weighted by atomic mass is 35.5. The Hall–Kier alpha value is -1.61. The van der Waals surface area contributed by atoms with Crippen molar-refractivity contribution in [2.45, 2.75) is 38.5 Å². The summed E-state index contributed by atoms with van der Waals surface area (Å²) >= 11 is 6.30. The van der Waals surface area contributed by atoms with Gasteiger partial charge in [0.2, 0.25) is 11.8 Å². The molecule has 2 amide bonds. The Morgan fingerprint density at radius 2 is 1.42 bits per heavy atom. The monoisotopic (exact) mass is 341 g/mol. The molecule has 4 aliphatic rings. The van der Waals surface area contributed by atoms with Gasteiger partial charge in [-0.05, 0) is 62.5 Å². The quantitative estimate of drug-likeness (QED) is 0.562. The summed E-state index contributed by atoms with van der Waals surface area (Å²) in [6.07, 6.45) is 6.70. The summed E-state index contributed by atoms with van der Waals surface area (Å²) in [5.74, 6) is 0.240. The molecular weight excluding hydrogens is 322 g/mol. The lowest BCUT2D eigenvalue weighted by Crippen LogP contribution is -2.35. The molecule has 1 heterocycles. The number of imide groups is 1. The Balaban J connectivity index is 1.63. The summed E-state index contributed by atoms with van der Waals surface area (Å²) in [5, 5.41) is 0.476. The van der Waals surface area contributed by atoms with E-state index in [9.17, 15) is 9.59 Å². The number of rotatable bonds is 1. The van der Waals surface area contributed by atoms with Gasteiger partial charge >= 0.3 is 0 Å². The van der Waals surface area contributed by atoms with Gasteiger partial charge in [-0.15, -0.1) is 0 Å². The van der Waals surface area contributed by atoms with E-state index in [0.717, 1.165) is 38.5 Å². The predicted molar refractivity (Wildman–Crippen MR) is 92.6 cm³/mol. The molecule has 24 heavy (non-hydrogen) atoms. The molecule has 4 heteroatoms. The van der Waals surface area contributed by atoms with Crippen molar-refractivity contribution in [3.8, 4) is 0 Å².